The number of hydrogen-bond acceptors (Lipinski definition) is 1. The van der Waals surface area contributed by atoms with Crippen LogP contribution in [0.25, 0.3) is 0 Å². The maximum Gasteiger partial charge on any atom is 0.127 e. The van der Waals surface area contributed by atoms with Gasteiger partial charge in [-0.1, -0.05) is 18.5 Å². The van der Waals surface area contributed by atoms with Gasteiger partial charge < -0.3 is 5.11 Å². The summed E-state index contributed by atoms with van der Waals surface area (Å²) in [6.45, 7) is 3.43. The maximum atomic E-state index is 13.3. The van der Waals surface area contributed by atoms with E-state index in [1.54, 1.807) is 19.9 Å². The van der Waals surface area contributed by atoms with E-state index in [-0.39, 0.29) is 18.3 Å². The molecule has 0 saturated heterocycles. The molecule has 0 bridgehead atoms. The number of benzene rings is 1. The third-order valence-electron chi connectivity index (χ3n) is 2.08. The number of aryl methyl sites for hydroxylation is 1. The van der Waals surface area contributed by atoms with Gasteiger partial charge >= 0.3 is 0 Å². The van der Waals surface area contributed by atoms with E-state index >= 15 is 0 Å². The topological polar surface area (TPSA) is 20.2 Å². The van der Waals surface area contributed by atoms with Crippen LogP contribution in [0.5, 0.6) is 0 Å². The summed E-state index contributed by atoms with van der Waals surface area (Å²) < 4.78 is 13.3. The summed E-state index contributed by atoms with van der Waals surface area (Å²) in [5, 5.41) is 9.40. The zero-order chi connectivity index (χ0) is 10.0. The molecule has 0 fully saturated rings. The van der Waals surface area contributed by atoms with Crippen molar-refractivity contribution in [2.45, 2.75) is 19.8 Å². The molecule has 0 spiro atoms. The van der Waals surface area contributed by atoms with E-state index in [2.05, 4.69) is 0 Å². The van der Waals surface area contributed by atoms with E-state index in [4.69, 9.17) is 16.7 Å². The Morgan fingerprint density at radius 3 is 2.69 bits per heavy atom. The van der Waals surface area contributed by atoms with Gasteiger partial charge in [0.05, 0.1) is 0 Å². The fourth-order valence-electron chi connectivity index (χ4n) is 1.14. The molecule has 0 saturated carbocycles. The Kier molecular flexibility index (Phi) is 3.28. The Labute approximate surface area is 82.2 Å². The first kappa shape index (κ1) is 10.5. The lowest BCUT2D eigenvalue weighted by molar-refractivity contribution is 0.270. The molecule has 1 rings (SSSR count). The zero-order valence-corrected chi connectivity index (χ0v) is 8.40. The predicted molar refractivity (Wildman–Crippen MR) is 51.6 cm³/mol. The molecular formula is C10H12ClFO. The normalized spacial score (nSPS) is 13.0. The van der Waals surface area contributed by atoms with Crippen LogP contribution in [0, 0.1) is 12.7 Å². The molecule has 0 aliphatic carbocycles. The molecule has 1 unspecified atom stereocenters. The quantitative estimate of drug-likeness (QED) is 0.782. The van der Waals surface area contributed by atoms with E-state index in [0.717, 1.165) is 0 Å². The Morgan fingerprint density at radius 2 is 2.15 bits per heavy atom. The minimum atomic E-state index is -0.302. The monoisotopic (exact) mass is 202 g/mol. The highest BCUT2D eigenvalue weighted by Crippen LogP contribution is 2.25. The lowest BCUT2D eigenvalue weighted by Crippen LogP contribution is -2.02. The maximum absolute atomic E-state index is 13.3. The van der Waals surface area contributed by atoms with Crippen molar-refractivity contribution < 1.29 is 9.50 Å². The van der Waals surface area contributed by atoms with Crippen LogP contribution in [-0.4, -0.2) is 11.7 Å². The van der Waals surface area contributed by atoms with E-state index in [0.29, 0.717) is 16.1 Å². The molecule has 1 aromatic rings. The van der Waals surface area contributed by atoms with Gasteiger partial charge in [-0.25, -0.2) is 4.39 Å². The van der Waals surface area contributed by atoms with Crippen LogP contribution in [0.15, 0.2) is 12.1 Å². The van der Waals surface area contributed by atoms with Crippen LogP contribution in [0.2, 0.25) is 5.02 Å². The molecular weight excluding hydrogens is 191 g/mol. The molecule has 0 aliphatic rings. The second-order valence-corrected chi connectivity index (χ2v) is 3.61. The van der Waals surface area contributed by atoms with E-state index in [9.17, 15) is 4.39 Å². The molecule has 13 heavy (non-hydrogen) atoms. The number of rotatable bonds is 2. The highest BCUT2D eigenvalue weighted by Gasteiger charge is 2.11. The standard InChI is InChI=1S/C10H12ClFO/c1-6-3-10(12)8(4-9(6)11)7(2)5-13/h3-4,7,13H,5H2,1-2H3. The molecule has 1 atom stereocenters. The first-order valence-electron chi connectivity index (χ1n) is 4.12. The largest absolute Gasteiger partial charge is 0.396 e. The minimum Gasteiger partial charge on any atom is -0.396 e. The number of aliphatic hydroxyl groups is 1. The minimum absolute atomic E-state index is 0.0731. The molecule has 3 heteroatoms. The Hall–Kier alpha value is -0.600. The van der Waals surface area contributed by atoms with Gasteiger partial charge in [0, 0.05) is 17.5 Å². The zero-order valence-electron chi connectivity index (χ0n) is 7.64. The van der Waals surface area contributed by atoms with Gasteiger partial charge in [-0.15, -0.1) is 0 Å². The van der Waals surface area contributed by atoms with Crippen LogP contribution in [-0.2, 0) is 0 Å². The van der Waals surface area contributed by atoms with Crippen LogP contribution >= 0.6 is 11.6 Å². The van der Waals surface area contributed by atoms with E-state index in [1.807, 2.05) is 0 Å². The van der Waals surface area contributed by atoms with Crippen molar-refractivity contribution >= 4 is 11.6 Å². The average molecular weight is 203 g/mol. The van der Waals surface area contributed by atoms with Gasteiger partial charge in [0.2, 0.25) is 0 Å². The summed E-state index contributed by atoms with van der Waals surface area (Å²) >= 11 is 5.84. The van der Waals surface area contributed by atoms with Gasteiger partial charge in [0.15, 0.2) is 0 Å². The third-order valence-corrected chi connectivity index (χ3v) is 2.49. The molecule has 72 valence electrons. The Morgan fingerprint density at radius 1 is 1.54 bits per heavy atom. The summed E-state index contributed by atoms with van der Waals surface area (Å²) in [5.74, 6) is -0.512. The predicted octanol–water partition coefficient (Wildman–Crippen LogP) is 2.88. The van der Waals surface area contributed by atoms with Crippen LogP contribution in [0.3, 0.4) is 0 Å². The van der Waals surface area contributed by atoms with Gasteiger partial charge in [-0.05, 0) is 30.2 Å². The Balaban J connectivity index is 3.15. The molecule has 0 heterocycles. The summed E-state index contributed by atoms with van der Waals surface area (Å²) in [4.78, 5) is 0. The highest BCUT2D eigenvalue weighted by atomic mass is 35.5. The van der Waals surface area contributed by atoms with E-state index < -0.39 is 0 Å². The second kappa shape index (κ2) is 4.07. The molecule has 1 nitrogen and oxygen atoms in total. The van der Waals surface area contributed by atoms with Gasteiger partial charge in [-0.3, -0.25) is 0 Å². The van der Waals surface area contributed by atoms with Gasteiger partial charge in [-0.2, -0.15) is 0 Å². The van der Waals surface area contributed by atoms with Crippen molar-refractivity contribution in [3.05, 3.63) is 34.1 Å². The van der Waals surface area contributed by atoms with Crippen molar-refractivity contribution in [1.29, 1.82) is 0 Å². The molecule has 0 aromatic heterocycles. The number of hydrogen-bond donors (Lipinski definition) is 1. The first-order chi connectivity index (χ1) is 6.06. The molecule has 0 amide bonds. The summed E-state index contributed by atoms with van der Waals surface area (Å²) in [5.41, 5.74) is 1.19. The van der Waals surface area contributed by atoms with Crippen molar-refractivity contribution in [2.24, 2.45) is 0 Å². The second-order valence-electron chi connectivity index (χ2n) is 3.21. The van der Waals surface area contributed by atoms with Crippen LogP contribution < -0.4 is 0 Å². The summed E-state index contributed by atoms with van der Waals surface area (Å²) in [6, 6.07) is 2.97. The van der Waals surface area contributed by atoms with Gasteiger partial charge in [0.25, 0.3) is 0 Å². The fourth-order valence-corrected chi connectivity index (χ4v) is 1.31. The lowest BCUT2D eigenvalue weighted by Gasteiger charge is -2.11. The lowest BCUT2D eigenvalue weighted by atomic mass is 10.0. The SMILES string of the molecule is Cc1cc(F)c(C(C)CO)cc1Cl. The number of aliphatic hydroxyl groups excluding tert-OH is 1. The van der Waals surface area contributed by atoms with Crippen molar-refractivity contribution in [3.8, 4) is 0 Å². The Bertz CT molecular complexity index is 312. The summed E-state index contributed by atoms with van der Waals surface area (Å²) in [6.07, 6.45) is 0. The number of halogens is 2. The highest BCUT2D eigenvalue weighted by molar-refractivity contribution is 6.31. The van der Waals surface area contributed by atoms with E-state index in [1.165, 1.54) is 6.07 Å². The molecule has 0 radical (unpaired) electrons. The third kappa shape index (κ3) is 2.20. The van der Waals surface area contributed by atoms with Crippen molar-refractivity contribution in [2.75, 3.05) is 6.61 Å². The van der Waals surface area contributed by atoms with Crippen LogP contribution in [0.1, 0.15) is 24.0 Å². The van der Waals surface area contributed by atoms with Gasteiger partial charge in [0.1, 0.15) is 5.82 Å². The molecule has 1 aromatic carbocycles. The van der Waals surface area contributed by atoms with Crippen LogP contribution in [0.4, 0.5) is 4.39 Å². The average Bonchev–Trinajstić information content (AvgIpc) is 2.10. The fraction of sp³-hybridized carbons (Fsp3) is 0.400. The summed E-state index contributed by atoms with van der Waals surface area (Å²) in [7, 11) is 0. The van der Waals surface area contributed by atoms with Crippen molar-refractivity contribution in [1.82, 2.24) is 0 Å². The first-order valence-corrected chi connectivity index (χ1v) is 4.50. The van der Waals surface area contributed by atoms with Crippen molar-refractivity contribution in [3.63, 3.8) is 0 Å². The smallest absolute Gasteiger partial charge is 0.127 e. The molecule has 0 aliphatic heterocycles. The molecule has 1 N–H and O–H groups in total.